The highest BCUT2D eigenvalue weighted by Crippen LogP contribution is 2.33. The van der Waals surface area contributed by atoms with Gasteiger partial charge in [0.1, 0.15) is 10.6 Å². The average Bonchev–Trinajstić information content (AvgIpc) is 3.34. The predicted molar refractivity (Wildman–Crippen MR) is 128 cm³/mol. The van der Waals surface area contributed by atoms with E-state index in [0.717, 1.165) is 35.3 Å². The molecule has 3 aromatic rings. The summed E-state index contributed by atoms with van der Waals surface area (Å²) in [6, 6.07) is 12.4. The number of hydrogen-bond acceptors (Lipinski definition) is 7. The van der Waals surface area contributed by atoms with E-state index in [0.29, 0.717) is 34.1 Å². The fourth-order valence-electron chi connectivity index (χ4n) is 3.55. The second-order valence-electron chi connectivity index (χ2n) is 7.54. The number of carbonyl (C=O) groups excluding carboxylic acids is 2. The van der Waals surface area contributed by atoms with Gasteiger partial charge in [0.2, 0.25) is 10.0 Å². The van der Waals surface area contributed by atoms with Gasteiger partial charge in [0, 0.05) is 23.5 Å². The Morgan fingerprint density at radius 3 is 2.55 bits per heavy atom. The summed E-state index contributed by atoms with van der Waals surface area (Å²) in [6.45, 7) is 2.18. The smallest absolute Gasteiger partial charge is 0.267 e. The quantitative estimate of drug-likeness (QED) is 0.552. The fraction of sp³-hybridized carbons (Fsp3) is 0.227. The van der Waals surface area contributed by atoms with E-state index >= 15 is 0 Å². The van der Waals surface area contributed by atoms with Crippen molar-refractivity contribution in [2.75, 3.05) is 34.8 Å². The van der Waals surface area contributed by atoms with Gasteiger partial charge in [-0.05, 0) is 55.3 Å². The molecule has 0 atom stereocenters. The fourth-order valence-corrected chi connectivity index (χ4v) is 5.25. The minimum Gasteiger partial charge on any atom is -0.497 e. The van der Waals surface area contributed by atoms with Crippen molar-refractivity contribution in [3.05, 3.63) is 64.2 Å². The van der Waals surface area contributed by atoms with Crippen LogP contribution in [-0.2, 0) is 16.4 Å². The lowest BCUT2D eigenvalue weighted by atomic mass is 10.1. The molecule has 2 amide bonds. The van der Waals surface area contributed by atoms with Gasteiger partial charge in [-0.3, -0.25) is 14.3 Å². The monoisotopic (exact) mass is 486 g/mol. The molecule has 2 aromatic carbocycles. The highest BCUT2D eigenvalue weighted by Gasteiger charge is 2.26. The van der Waals surface area contributed by atoms with E-state index in [4.69, 9.17) is 4.74 Å². The molecule has 1 aromatic heterocycles. The zero-order valence-corrected chi connectivity index (χ0v) is 19.8. The number of anilines is 3. The molecule has 1 aliphatic rings. The van der Waals surface area contributed by atoms with Crippen LogP contribution in [0.25, 0.3) is 0 Å². The minimum atomic E-state index is -3.49. The van der Waals surface area contributed by atoms with Crippen LogP contribution in [0.1, 0.15) is 31.3 Å². The summed E-state index contributed by atoms with van der Waals surface area (Å²) in [5.74, 6) is 0.138. The molecule has 2 heterocycles. The number of rotatable bonds is 6. The van der Waals surface area contributed by atoms with E-state index in [1.54, 1.807) is 55.3 Å². The third kappa shape index (κ3) is 4.99. The number of aryl methyl sites for hydroxylation is 1. The zero-order valence-electron chi connectivity index (χ0n) is 18.2. The van der Waals surface area contributed by atoms with Crippen LogP contribution >= 0.6 is 11.3 Å². The topological polar surface area (TPSA) is 118 Å². The Bertz CT molecular complexity index is 1330. The van der Waals surface area contributed by atoms with Crippen LogP contribution in [0.4, 0.5) is 16.5 Å². The second kappa shape index (κ2) is 8.83. The Morgan fingerprint density at radius 1 is 1.15 bits per heavy atom. The van der Waals surface area contributed by atoms with Gasteiger partial charge < -0.3 is 15.0 Å². The van der Waals surface area contributed by atoms with Gasteiger partial charge in [-0.2, -0.15) is 0 Å². The molecule has 0 saturated heterocycles. The van der Waals surface area contributed by atoms with Gasteiger partial charge >= 0.3 is 0 Å². The van der Waals surface area contributed by atoms with Crippen molar-refractivity contribution in [1.82, 2.24) is 4.98 Å². The molecule has 172 valence electrons. The summed E-state index contributed by atoms with van der Waals surface area (Å²) >= 11 is 0.957. The van der Waals surface area contributed by atoms with Crippen molar-refractivity contribution in [3.63, 3.8) is 0 Å². The Hall–Kier alpha value is -3.44. The molecule has 0 spiro atoms. The van der Waals surface area contributed by atoms with Gasteiger partial charge in [0.15, 0.2) is 5.13 Å². The second-order valence-corrected chi connectivity index (χ2v) is 10.3. The van der Waals surface area contributed by atoms with Gasteiger partial charge in [0.25, 0.3) is 11.8 Å². The standard InChI is InChI=1S/C22H22N4O5S2/c1-13-19(32-22(23-13)25-33(3,29)30)20(27)24-16-7-4-14-10-11-26(18(14)12-16)21(28)15-5-8-17(31-2)9-6-15/h4-9,12H,10-11H2,1-3H3,(H,23,25)(H,24,27). The molecule has 11 heteroatoms. The van der Waals surface area contributed by atoms with Crippen LogP contribution < -0.4 is 19.7 Å². The molecule has 1 aliphatic heterocycles. The molecule has 0 aliphatic carbocycles. The van der Waals surface area contributed by atoms with Gasteiger partial charge in [-0.15, -0.1) is 0 Å². The lowest BCUT2D eigenvalue weighted by Crippen LogP contribution is -2.28. The SMILES string of the molecule is COc1ccc(C(=O)N2CCc3ccc(NC(=O)c4sc(NS(C)(=O)=O)nc4C)cc32)cc1. The third-order valence-electron chi connectivity index (χ3n) is 5.10. The Labute approximate surface area is 195 Å². The maximum Gasteiger partial charge on any atom is 0.267 e. The molecule has 0 saturated carbocycles. The van der Waals surface area contributed by atoms with Crippen LogP contribution in [0, 0.1) is 6.92 Å². The molecular formula is C22H22N4O5S2. The molecule has 2 N–H and O–H groups in total. The molecular weight excluding hydrogens is 464 g/mol. The largest absolute Gasteiger partial charge is 0.497 e. The number of nitrogens with one attached hydrogen (secondary N) is 2. The van der Waals surface area contributed by atoms with E-state index in [1.165, 1.54) is 0 Å². The summed E-state index contributed by atoms with van der Waals surface area (Å²) in [5, 5.41) is 2.95. The van der Waals surface area contributed by atoms with Crippen molar-refractivity contribution in [2.45, 2.75) is 13.3 Å². The van der Waals surface area contributed by atoms with Crippen LogP contribution in [-0.4, -0.2) is 45.1 Å². The summed E-state index contributed by atoms with van der Waals surface area (Å²) in [6.07, 6.45) is 1.74. The highest BCUT2D eigenvalue weighted by molar-refractivity contribution is 7.92. The molecule has 9 nitrogen and oxygen atoms in total. The first-order valence-corrected chi connectivity index (χ1v) is 12.7. The number of aromatic nitrogens is 1. The molecule has 0 unspecified atom stereocenters. The number of sulfonamides is 1. The number of amides is 2. The first-order valence-electron chi connectivity index (χ1n) is 10.00. The van der Waals surface area contributed by atoms with Crippen molar-refractivity contribution >= 4 is 49.7 Å². The molecule has 4 rings (SSSR count). The van der Waals surface area contributed by atoms with Crippen LogP contribution in [0.15, 0.2) is 42.5 Å². The number of ether oxygens (including phenoxy) is 1. The van der Waals surface area contributed by atoms with Gasteiger partial charge in [0.05, 0.1) is 19.1 Å². The molecule has 33 heavy (non-hydrogen) atoms. The van der Waals surface area contributed by atoms with Gasteiger partial charge in [-0.1, -0.05) is 17.4 Å². The summed E-state index contributed by atoms with van der Waals surface area (Å²) in [5.41, 5.74) is 3.25. The summed E-state index contributed by atoms with van der Waals surface area (Å²) in [4.78, 5) is 32.0. The van der Waals surface area contributed by atoms with E-state index in [1.807, 2.05) is 6.07 Å². The molecule has 0 fully saturated rings. The molecule has 0 bridgehead atoms. The van der Waals surface area contributed by atoms with Crippen molar-refractivity contribution in [2.24, 2.45) is 0 Å². The number of carbonyl (C=O) groups is 2. The maximum atomic E-state index is 13.1. The first kappa shape index (κ1) is 22.7. The predicted octanol–water partition coefficient (Wildman–Crippen LogP) is 3.29. The van der Waals surface area contributed by atoms with E-state index in [-0.39, 0.29) is 11.0 Å². The van der Waals surface area contributed by atoms with Crippen LogP contribution in [0.5, 0.6) is 5.75 Å². The lowest BCUT2D eigenvalue weighted by Gasteiger charge is -2.18. The zero-order chi connectivity index (χ0) is 23.8. The number of benzene rings is 2. The van der Waals surface area contributed by atoms with Crippen molar-refractivity contribution in [1.29, 1.82) is 0 Å². The van der Waals surface area contributed by atoms with Gasteiger partial charge in [-0.25, -0.2) is 13.4 Å². The molecule has 0 radical (unpaired) electrons. The van der Waals surface area contributed by atoms with E-state index in [2.05, 4.69) is 15.0 Å². The number of nitrogens with zero attached hydrogens (tertiary/aromatic N) is 2. The lowest BCUT2D eigenvalue weighted by molar-refractivity contribution is 0.0988. The minimum absolute atomic E-state index is 0.130. The maximum absolute atomic E-state index is 13.1. The Balaban J connectivity index is 1.53. The number of thiazole rings is 1. The first-order chi connectivity index (χ1) is 15.6. The van der Waals surface area contributed by atoms with Crippen molar-refractivity contribution < 1.29 is 22.7 Å². The summed E-state index contributed by atoms with van der Waals surface area (Å²) in [7, 11) is -1.92. The number of methoxy groups -OCH3 is 1. The highest BCUT2D eigenvalue weighted by atomic mass is 32.2. The van der Waals surface area contributed by atoms with Crippen molar-refractivity contribution in [3.8, 4) is 5.75 Å². The average molecular weight is 487 g/mol. The van der Waals surface area contributed by atoms with E-state index < -0.39 is 15.9 Å². The number of hydrogen-bond donors (Lipinski definition) is 2. The van der Waals surface area contributed by atoms with Crippen LogP contribution in [0.2, 0.25) is 0 Å². The normalized spacial score (nSPS) is 12.9. The van der Waals surface area contributed by atoms with Crippen LogP contribution in [0.3, 0.4) is 0 Å². The van der Waals surface area contributed by atoms with E-state index in [9.17, 15) is 18.0 Å². The Morgan fingerprint density at radius 2 is 1.88 bits per heavy atom. The Kier molecular flexibility index (Phi) is 6.09. The third-order valence-corrected chi connectivity index (χ3v) is 6.86. The number of fused-ring (bicyclic) bond motifs is 1. The summed E-state index contributed by atoms with van der Waals surface area (Å²) < 4.78 is 30.3.